The quantitative estimate of drug-likeness (QED) is 0.291. The van der Waals surface area contributed by atoms with E-state index in [0.29, 0.717) is 36.9 Å². The molecule has 3 aromatic rings. The molecular weight excluding hydrogens is 603 g/mol. The summed E-state index contributed by atoms with van der Waals surface area (Å²) in [5.74, 6) is -1.28. The van der Waals surface area contributed by atoms with Gasteiger partial charge in [0.15, 0.2) is 0 Å². The molecule has 0 saturated carbocycles. The molecule has 222 valence electrons. The van der Waals surface area contributed by atoms with Crippen molar-refractivity contribution in [2.45, 2.75) is 10.8 Å². The average Bonchev–Trinajstić information content (AvgIpc) is 3.44. The fourth-order valence-corrected chi connectivity index (χ4v) is 7.21. The van der Waals surface area contributed by atoms with E-state index in [1.165, 1.54) is 9.31 Å². The van der Waals surface area contributed by atoms with Crippen molar-refractivity contribution in [3.8, 4) is 0 Å². The average molecular weight is 633 g/mol. The topological polar surface area (TPSA) is 124 Å². The molecule has 10 nitrogen and oxygen atoms in total. The van der Waals surface area contributed by atoms with Crippen LogP contribution < -0.4 is 10.0 Å². The molecule has 0 amide bonds. The second kappa shape index (κ2) is 12.9. The molecule has 42 heavy (non-hydrogen) atoms. The zero-order valence-electron chi connectivity index (χ0n) is 22.5. The van der Waals surface area contributed by atoms with E-state index < -0.39 is 25.9 Å². The summed E-state index contributed by atoms with van der Waals surface area (Å²) in [7, 11) is -7.83. The van der Waals surface area contributed by atoms with E-state index in [-0.39, 0.29) is 35.6 Å². The van der Waals surface area contributed by atoms with E-state index in [9.17, 15) is 21.2 Å². The van der Waals surface area contributed by atoms with Crippen molar-refractivity contribution in [3.63, 3.8) is 0 Å². The van der Waals surface area contributed by atoms with Gasteiger partial charge in [-0.05, 0) is 47.5 Å². The highest BCUT2D eigenvalue weighted by Gasteiger charge is 2.33. The largest absolute Gasteiger partial charge is 0.314 e. The van der Waals surface area contributed by atoms with Crippen LogP contribution in [0.3, 0.4) is 0 Å². The van der Waals surface area contributed by atoms with Crippen LogP contribution in [0.25, 0.3) is 0 Å². The van der Waals surface area contributed by atoms with Crippen LogP contribution in [-0.4, -0.2) is 82.8 Å². The van der Waals surface area contributed by atoms with E-state index in [0.717, 1.165) is 35.4 Å². The Morgan fingerprint density at radius 1 is 0.976 bits per heavy atom. The first-order valence-electron chi connectivity index (χ1n) is 13.3. The number of halogens is 2. The summed E-state index contributed by atoms with van der Waals surface area (Å²) >= 11 is 6.12. The lowest BCUT2D eigenvalue weighted by Crippen LogP contribution is -2.47. The van der Waals surface area contributed by atoms with Gasteiger partial charge in [-0.2, -0.15) is 9.41 Å². The number of hydrogen-bond donors (Lipinski definition) is 2. The molecule has 0 radical (unpaired) electrons. The predicted molar refractivity (Wildman–Crippen MR) is 161 cm³/mol. The summed E-state index contributed by atoms with van der Waals surface area (Å²) in [6, 6.07) is 21.2. The SMILES string of the molecule is O=S(=O)(NC(=NCCS(=O)(=O)N1CCNCC1)N1C[C@@H](c2ccccc2)C(c2ccc(Cl)cc2)=N1)c1ccc(F)cc1. The second-order valence-electron chi connectivity index (χ2n) is 9.77. The van der Waals surface area contributed by atoms with Crippen molar-refractivity contribution in [2.24, 2.45) is 10.1 Å². The summed E-state index contributed by atoms with van der Waals surface area (Å²) in [5, 5.41) is 9.87. The highest BCUT2D eigenvalue weighted by molar-refractivity contribution is 7.90. The molecule has 2 aliphatic rings. The first kappa shape index (κ1) is 30.1. The number of nitrogens with one attached hydrogen (secondary N) is 2. The van der Waals surface area contributed by atoms with Gasteiger partial charge in [0.25, 0.3) is 10.0 Å². The Bertz CT molecular complexity index is 1660. The van der Waals surface area contributed by atoms with Crippen LogP contribution in [0, 0.1) is 5.82 Å². The monoisotopic (exact) mass is 632 g/mol. The molecule has 1 atom stereocenters. The standard InChI is InChI=1S/C28H30ClFN6O4S2/c29-23-8-6-22(7-9-23)27-26(21-4-2-1-3-5-21)20-36(33-27)28(34-42(39,40)25-12-10-24(30)11-13-25)32-16-19-41(37,38)35-17-14-31-15-18-35/h1-13,26,31H,14-20H2,(H,32,34)/t26-/m0/s1. The van der Waals surface area contributed by atoms with Crippen molar-refractivity contribution in [3.05, 3.63) is 101 Å². The maximum Gasteiger partial charge on any atom is 0.264 e. The maximum atomic E-state index is 13.5. The van der Waals surface area contributed by atoms with Crippen molar-refractivity contribution in [1.29, 1.82) is 0 Å². The van der Waals surface area contributed by atoms with Gasteiger partial charge in [0.2, 0.25) is 16.0 Å². The Morgan fingerprint density at radius 2 is 1.64 bits per heavy atom. The number of nitrogens with zero attached hydrogens (tertiary/aromatic N) is 4. The van der Waals surface area contributed by atoms with Gasteiger partial charge in [-0.15, -0.1) is 0 Å². The molecule has 0 aliphatic carbocycles. The number of hydrogen-bond acceptors (Lipinski definition) is 7. The minimum Gasteiger partial charge on any atom is -0.314 e. The van der Waals surface area contributed by atoms with Crippen molar-refractivity contribution in [1.82, 2.24) is 19.4 Å². The number of benzene rings is 3. The molecule has 2 heterocycles. The summed E-state index contributed by atoms with van der Waals surface area (Å²) in [5.41, 5.74) is 2.41. The van der Waals surface area contributed by atoms with Gasteiger partial charge in [0.1, 0.15) is 5.82 Å². The molecule has 1 saturated heterocycles. The number of guanidine groups is 1. The zero-order valence-corrected chi connectivity index (χ0v) is 24.9. The Hall–Kier alpha value is -3.36. The molecule has 3 aromatic carbocycles. The number of aliphatic imine (C=N–C) groups is 1. The fourth-order valence-electron chi connectivity index (χ4n) is 4.74. The van der Waals surface area contributed by atoms with E-state index in [2.05, 4.69) is 15.0 Å². The van der Waals surface area contributed by atoms with Gasteiger partial charge in [-0.3, -0.25) is 0 Å². The van der Waals surface area contributed by atoms with Crippen LogP contribution in [0.5, 0.6) is 0 Å². The predicted octanol–water partition coefficient (Wildman–Crippen LogP) is 2.85. The Balaban J connectivity index is 1.49. The Labute approximate surface area is 250 Å². The lowest BCUT2D eigenvalue weighted by molar-refractivity contribution is 0.360. The van der Waals surface area contributed by atoms with Gasteiger partial charge in [0, 0.05) is 37.1 Å². The number of piperazine rings is 1. The van der Waals surface area contributed by atoms with Crippen LogP contribution in [-0.2, 0) is 20.0 Å². The molecule has 0 bridgehead atoms. The van der Waals surface area contributed by atoms with Crippen LogP contribution in [0.15, 0.2) is 93.9 Å². The highest BCUT2D eigenvalue weighted by atomic mass is 35.5. The lowest BCUT2D eigenvalue weighted by Gasteiger charge is -2.26. The smallest absolute Gasteiger partial charge is 0.264 e. The molecule has 14 heteroatoms. The third-order valence-corrected chi connectivity index (χ3v) is 10.4. The number of rotatable bonds is 8. The number of sulfonamides is 2. The molecule has 0 aromatic heterocycles. The summed E-state index contributed by atoms with van der Waals surface area (Å²) in [4.78, 5) is 4.24. The van der Waals surface area contributed by atoms with E-state index >= 15 is 0 Å². The van der Waals surface area contributed by atoms with Crippen LogP contribution in [0.4, 0.5) is 4.39 Å². The third kappa shape index (κ3) is 7.16. The van der Waals surface area contributed by atoms with E-state index in [1.807, 2.05) is 42.5 Å². The maximum absolute atomic E-state index is 13.5. The molecule has 0 spiro atoms. The first-order valence-corrected chi connectivity index (χ1v) is 16.8. The normalized spacial score (nSPS) is 18.6. The fraction of sp³-hybridized carbons (Fsp3) is 0.286. The summed E-state index contributed by atoms with van der Waals surface area (Å²) in [6.07, 6.45) is 0. The Kier molecular flexibility index (Phi) is 9.23. The second-order valence-corrected chi connectivity index (χ2v) is 14.0. The van der Waals surface area contributed by atoms with Gasteiger partial charge in [0.05, 0.1) is 29.4 Å². The van der Waals surface area contributed by atoms with E-state index in [4.69, 9.17) is 16.7 Å². The minimum atomic E-state index is -4.21. The van der Waals surface area contributed by atoms with Crippen molar-refractivity contribution < 1.29 is 21.2 Å². The van der Waals surface area contributed by atoms with Crippen LogP contribution in [0.2, 0.25) is 5.02 Å². The zero-order chi connectivity index (χ0) is 29.7. The molecule has 0 unspecified atom stereocenters. The molecule has 1 fully saturated rings. The molecule has 5 rings (SSSR count). The third-order valence-electron chi connectivity index (χ3n) is 6.93. The first-order chi connectivity index (χ1) is 20.1. The van der Waals surface area contributed by atoms with Crippen LogP contribution in [0.1, 0.15) is 17.0 Å². The summed E-state index contributed by atoms with van der Waals surface area (Å²) in [6.45, 7) is 1.86. The molecule has 2 aliphatic heterocycles. The summed E-state index contributed by atoms with van der Waals surface area (Å²) < 4.78 is 69.9. The lowest BCUT2D eigenvalue weighted by atomic mass is 9.91. The van der Waals surface area contributed by atoms with Gasteiger partial charge < -0.3 is 5.32 Å². The minimum absolute atomic E-state index is 0.139. The highest BCUT2D eigenvalue weighted by Crippen LogP contribution is 2.29. The van der Waals surface area contributed by atoms with Gasteiger partial charge >= 0.3 is 0 Å². The molecular formula is C28H30ClFN6O4S2. The van der Waals surface area contributed by atoms with Gasteiger partial charge in [-0.1, -0.05) is 54.1 Å². The van der Waals surface area contributed by atoms with Crippen molar-refractivity contribution in [2.75, 3.05) is 45.0 Å². The molecule has 2 N–H and O–H groups in total. The number of hydrazone groups is 1. The van der Waals surface area contributed by atoms with Gasteiger partial charge in [-0.25, -0.2) is 35.9 Å². The van der Waals surface area contributed by atoms with Crippen LogP contribution >= 0.6 is 11.6 Å². The van der Waals surface area contributed by atoms with Crippen molar-refractivity contribution >= 4 is 43.3 Å². The Morgan fingerprint density at radius 3 is 2.31 bits per heavy atom. The van der Waals surface area contributed by atoms with E-state index in [1.54, 1.807) is 12.1 Å².